The first-order chi connectivity index (χ1) is 11.1. The maximum absolute atomic E-state index is 12.8. The van der Waals surface area contributed by atoms with Gasteiger partial charge in [0.15, 0.2) is 5.82 Å². The zero-order chi connectivity index (χ0) is 16.9. The second-order valence-electron chi connectivity index (χ2n) is 6.22. The minimum absolute atomic E-state index is 0. The molecule has 1 fully saturated rings. The number of piperazine rings is 1. The van der Waals surface area contributed by atoms with E-state index in [4.69, 9.17) is 10.3 Å². The molecule has 0 radical (unpaired) electrons. The van der Waals surface area contributed by atoms with Crippen LogP contribution < -0.4 is 5.73 Å². The van der Waals surface area contributed by atoms with E-state index in [0.29, 0.717) is 19.0 Å². The summed E-state index contributed by atoms with van der Waals surface area (Å²) in [5.74, 6) is 1.60. The normalized spacial score (nSPS) is 15.4. The van der Waals surface area contributed by atoms with Gasteiger partial charge in [0.2, 0.25) is 11.8 Å². The average Bonchev–Trinajstić information content (AvgIpc) is 3.05. The van der Waals surface area contributed by atoms with Gasteiger partial charge in [-0.15, -0.1) is 24.8 Å². The molecule has 0 atom stereocenters. The first kappa shape index (κ1) is 24.1. The van der Waals surface area contributed by atoms with Gasteiger partial charge in [-0.1, -0.05) is 25.9 Å². The van der Waals surface area contributed by atoms with Crippen molar-refractivity contribution in [2.75, 3.05) is 32.7 Å². The molecule has 7 nitrogen and oxygen atoms in total. The summed E-state index contributed by atoms with van der Waals surface area (Å²) in [7, 11) is 0. The minimum atomic E-state index is -0.397. The van der Waals surface area contributed by atoms with Crippen LogP contribution in [0.3, 0.4) is 0 Å². The molecule has 0 aromatic carbocycles. The Morgan fingerprint density at radius 3 is 2.20 bits per heavy atom. The van der Waals surface area contributed by atoms with Crippen molar-refractivity contribution in [3.63, 3.8) is 0 Å². The smallest absolute Gasteiger partial charge is 0.230 e. The fraction of sp³-hybridized carbons (Fsp3) is 0.812. The fourth-order valence-electron chi connectivity index (χ4n) is 3.07. The van der Waals surface area contributed by atoms with Gasteiger partial charge in [-0.05, 0) is 12.8 Å². The van der Waals surface area contributed by atoms with Gasteiger partial charge in [-0.3, -0.25) is 9.69 Å². The van der Waals surface area contributed by atoms with Gasteiger partial charge in [0, 0.05) is 39.1 Å². The van der Waals surface area contributed by atoms with Crippen molar-refractivity contribution in [2.45, 2.75) is 46.6 Å². The molecule has 2 rings (SSSR count). The molecule has 1 saturated heterocycles. The number of nitrogens with zero attached hydrogens (tertiary/aromatic N) is 4. The predicted octanol–water partition coefficient (Wildman–Crippen LogP) is 1.88. The highest BCUT2D eigenvalue weighted by Crippen LogP contribution is 2.28. The zero-order valence-electron chi connectivity index (χ0n) is 15.4. The Hall–Kier alpha value is -0.890. The molecule has 2 heterocycles. The third kappa shape index (κ3) is 5.54. The number of halogens is 2. The highest BCUT2D eigenvalue weighted by molar-refractivity contribution is 5.85. The molecule has 25 heavy (non-hydrogen) atoms. The van der Waals surface area contributed by atoms with Crippen LogP contribution in [0.4, 0.5) is 0 Å². The summed E-state index contributed by atoms with van der Waals surface area (Å²) in [6.45, 7) is 10.3. The topological polar surface area (TPSA) is 88.5 Å². The number of hydrogen-bond acceptors (Lipinski definition) is 6. The van der Waals surface area contributed by atoms with Crippen molar-refractivity contribution in [3.05, 3.63) is 11.7 Å². The second-order valence-corrected chi connectivity index (χ2v) is 6.22. The third-order valence-corrected chi connectivity index (χ3v) is 5.04. The van der Waals surface area contributed by atoms with E-state index in [0.717, 1.165) is 51.3 Å². The number of rotatable bonds is 7. The number of aromatic nitrogens is 2. The standard InChI is InChI=1S/C16H29N5O2.2ClH/c1-4-14-18-13(19-23-14)11-20-7-9-21(10-8-20)15(22)16(5-2,6-3)12-17;;/h4-12,17H2,1-3H3;2*1H. The minimum Gasteiger partial charge on any atom is -0.340 e. The Kier molecular flexibility index (Phi) is 10.6. The van der Waals surface area contributed by atoms with Crippen LogP contribution in [0.1, 0.15) is 45.3 Å². The van der Waals surface area contributed by atoms with E-state index < -0.39 is 5.41 Å². The highest BCUT2D eigenvalue weighted by atomic mass is 35.5. The van der Waals surface area contributed by atoms with Gasteiger partial charge in [0.1, 0.15) is 0 Å². The predicted molar refractivity (Wildman–Crippen MR) is 102 cm³/mol. The Balaban J connectivity index is 0.00000288. The van der Waals surface area contributed by atoms with E-state index in [9.17, 15) is 4.79 Å². The number of amides is 1. The van der Waals surface area contributed by atoms with E-state index in [2.05, 4.69) is 15.0 Å². The van der Waals surface area contributed by atoms with Crippen LogP contribution in [0.25, 0.3) is 0 Å². The first-order valence-corrected chi connectivity index (χ1v) is 8.61. The number of carbonyl (C=O) groups excluding carboxylic acids is 1. The number of aryl methyl sites for hydroxylation is 1. The van der Waals surface area contributed by atoms with Crippen LogP contribution in [-0.4, -0.2) is 58.6 Å². The molecule has 0 aliphatic carbocycles. The van der Waals surface area contributed by atoms with Crippen molar-refractivity contribution < 1.29 is 9.32 Å². The van der Waals surface area contributed by atoms with E-state index in [1.165, 1.54) is 0 Å². The molecule has 9 heteroatoms. The summed E-state index contributed by atoms with van der Waals surface area (Å²) in [5.41, 5.74) is 5.50. The fourth-order valence-corrected chi connectivity index (χ4v) is 3.07. The number of hydrogen-bond donors (Lipinski definition) is 1. The highest BCUT2D eigenvalue weighted by Gasteiger charge is 2.37. The lowest BCUT2D eigenvalue weighted by molar-refractivity contribution is -0.144. The van der Waals surface area contributed by atoms with Crippen LogP contribution in [-0.2, 0) is 17.8 Å². The number of carbonyl (C=O) groups is 1. The molecule has 2 N–H and O–H groups in total. The van der Waals surface area contributed by atoms with E-state index in [1.807, 2.05) is 25.7 Å². The van der Waals surface area contributed by atoms with Crippen molar-refractivity contribution in [1.29, 1.82) is 0 Å². The molecule has 0 unspecified atom stereocenters. The molecule has 1 aromatic heterocycles. The molecular formula is C16H31Cl2N5O2. The SMILES string of the molecule is CCc1nc(CN2CCN(C(=O)C(CC)(CC)CN)CC2)no1.Cl.Cl. The molecule has 1 aromatic rings. The lowest BCUT2D eigenvalue weighted by atomic mass is 9.81. The van der Waals surface area contributed by atoms with Crippen molar-refractivity contribution in [2.24, 2.45) is 11.1 Å². The van der Waals surface area contributed by atoms with Crippen LogP contribution in [0.2, 0.25) is 0 Å². The summed E-state index contributed by atoms with van der Waals surface area (Å²) in [4.78, 5) is 21.4. The van der Waals surface area contributed by atoms with E-state index in [1.54, 1.807) is 0 Å². The Labute approximate surface area is 162 Å². The molecule has 0 bridgehead atoms. The monoisotopic (exact) mass is 395 g/mol. The van der Waals surface area contributed by atoms with E-state index >= 15 is 0 Å². The van der Waals surface area contributed by atoms with Crippen molar-refractivity contribution in [1.82, 2.24) is 19.9 Å². The largest absolute Gasteiger partial charge is 0.340 e. The van der Waals surface area contributed by atoms with E-state index in [-0.39, 0.29) is 30.7 Å². The van der Waals surface area contributed by atoms with Gasteiger partial charge >= 0.3 is 0 Å². The third-order valence-electron chi connectivity index (χ3n) is 5.04. The molecule has 1 amide bonds. The van der Waals surface area contributed by atoms with Gasteiger partial charge in [0.05, 0.1) is 12.0 Å². The summed E-state index contributed by atoms with van der Waals surface area (Å²) in [6.07, 6.45) is 2.34. The van der Waals surface area contributed by atoms with Gasteiger partial charge in [0.25, 0.3) is 0 Å². The quantitative estimate of drug-likeness (QED) is 0.757. The van der Waals surface area contributed by atoms with Gasteiger partial charge in [-0.2, -0.15) is 4.98 Å². The number of nitrogens with two attached hydrogens (primary N) is 1. The maximum atomic E-state index is 12.8. The Morgan fingerprint density at radius 2 is 1.76 bits per heavy atom. The maximum Gasteiger partial charge on any atom is 0.230 e. The molecule has 1 aliphatic rings. The second kappa shape index (κ2) is 11.0. The molecule has 1 aliphatic heterocycles. The Bertz CT molecular complexity index is 506. The summed E-state index contributed by atoms with van der Waals surface area (Å²) < 4.78 is 5.14. The van der Waals surface area contributed by atoms with Crippen molar-refractivity contribution in [3.8, 4) is 0 Å². The average molecular weight is 396 g/mol. The lowest BCUT2D eigenvalue weighted by Gasteiger charge is -2.40. The first-order valence-electron chi connectivity index (χ1n) is 8.61. The van der Waals surface area contributed by atoms with Crippen LogP contribution in [0.5, 0.6) is 0 Å². The van der Waals surface area contributed by atoms with Crippen molar-refractivity contribution >= 4 is 30.7 Å². The zero-order valence-corrected chi connectivity index (χ0v) is 17.0. The summed E-state index contributed by atoms with van der Waals surface area (Å²) in [6, 6.07) is 0. The summed E-state index contributed by atoms with van der Waals surface area (Å²) >= 11 is 0. The molecule has 146 valence electrons. The van der Waals surface area contributed by atoms with Gasteiger partial charge < -0.3 is 15.2 Å². The lowest BCUT2D eigenvalue weighted by Crippen LogP contribution is -2.54. The van der Waals surface area contributed by atoms with Gasteiger partial charge in [-0.25, -0.2) is 0 Å². The molecule has 0 spiro atoms. The van der Waals surface area contributed by atoms with Crippen LogP contribution in [0.15, 0.2) is 4.52 Å². The Morgan fingerprint density at radius 1 is 1.16 bits per heavy atom. The molecule has 0 saturated carbocycles. The van der Waals surface area contributed by atoms with Crippen LogP contribution in [0, 0.1) is 5.41 Å². The summed E-state index contributed by atoms with van der Waals surface area (Å²) in [5, 5.41) is 3.99. The van der Waals surface area contributed by atoms with Crippen LogP contribution >= 0.6 is 24.8 Å². The molecular weight excluding hydrogens is 365 g/mol.